The molecule has 3 heterocycles. The summed E-state index contributed by atoms with van der Waals surface area (Å²) >= 11 is 0. The fourth-order valence-electron chi connectivity index (χ4n) is 3.60. The minimum atomic E-state index is -0.540. The second-order valence-electron chi connectivity index (χ2n) is 9.05. The van der Waals surface area contributed by atoms with Crippen molar-refractivity contribution in [2.45, 2.75) is 57.2 Å². The molecule has 0 unspecified atom stereocenters. The zero-order valence-corrected chi connectivity index (χ0v) is 16.9. The number of carbonyl (C=O) groups is 2. The lowest BCUT2D eigenvalue weighted by atomic mass is 10.2. The minimum Gasteiger partial charge on any atom is -0.487 e. The molecule has 8 heteroatoms. The van der Waals surface area contributed by atoms with Crippen LogP contribution < -0.4 is 10.1 Å². The third-order valence-electron chi connectivity index (χ3n) is 5.52. The summed E-state index contributed by atoms with van der Waals surface area (Å²) in [7, 11) is 1.72. The van der Waals surface area contributed by atoms with Gasteiger partial charge in [-0.2, -0.15) is 0 Å². The molecule has 0 bridgehead atoms. The molecule has 1 atom stereocenters. The molecule has 3 aliphatic rings. The molecule has 1 N–H and O–H groups in total. The Bertz CT molecular complexity index is 800. The van der Waals surface area contributed by atoms with Gasteiger partial charge in [-0.3, -0.25) is 4.79 Å². The van der Waals surface area contributed by atoms with Gasteiger partial charge in [0, 0.05) is 26.3 Å². The van der Waals surface area contributed by atoms with Crippen LogP contribution in [0.15, 0.2) is 12.3 Å². The molecule has 2 amide bonds. The van der Waals surface area contributed by atoms with Gasteiger partial charge in [-0.1, -0.05) is 0 Å². The molecule has 1 aromatic heterocycles. The predicted octanol–water partition coefficient (Wildman–Crippen LogP) is 2.50. The van der Waals surface area contributed by atoms with E-state index in [1.807, 2.05) is 20.8 Å². The maximum atomic E-state index is 12.9. The Kier molecular flexibility index (Phi) is 4.39. The number of nitrogens with one attached hydrogen (secondary N) is 1. The topological polar surface area (TPSA) is 84.0 Å². The largest absolute Gasteiger partial charge is 0.487 e. The molecule has 8 nitrogen and oxygen atoms in total. The zero-order chi connectivity index (χ0) is 20.1. The van der Waals surface area contributed by atoms with Gasteiger partial charge in [0.2, 0.25) is 0 Å². The van der Waals surface area contributed by atoms with Crippen LogP contribution in [-0.4, -0.2) is 70.7 Å². The Balaban J connectivity index is 1.39. The molecule has 2 fully saturated rings. The summed E-state index contributed by atoms with van der Waals surface area (Å²) in [6.07, 6.45) is 4.14. The van der Waals surface area contributed by atoms with Crippen LogP contribution in [0.1, 0.15) is 50.4 Å². The lowest BCUT2D eigenvalue weighted by Gasteiger charge is -2.28. The van der Waals surface area contributed by atoms with Crippen LogP contribution >= 0.6 is 0 Å². The number of carbonyl (C=O) groups excluding carboxylic acids is 2. The Labute approximate surface area is 165 Å². The summed E-state index contributed by atoms with van der Waals surface area (Å²) in [6.45, 7) is 7.21. The van der Waals surface area contributed by atoms with E-state index in [4.69, 9.17) is 9.47 Å². The van der Waals surface area contributed by atoms with Crippen molar-refractivity contribution in [3.63, 3.8) is 0 Å². The molecule has 1 aliphatic carbocycles. The summed E-state index contributed by atoms with van der Waals surface area (Å²) in [4.78, 5) is 32.9. The van der Waals surface area contributed by atoms with Gasteiger partial charge >= 0.3 is 6.09 Å². The van der Waals surface area contributed by atoms with Crippen molar-refractivity contribution in [2.24, 2.45) is 0 Å². The van der Waals surface area contributed by atoms with Crippen molar-refractivity contribution in [2.75, 3.05) is 32.1 Å². The molecule has 0 radical (unpaired) electrons. The van der Waals surface area contributed by atoms with E-state index in [1.165, 1.54) is 0 Å². The van der Waals surface area contributed by atoms with Crippen molar-refractivity contribution >= 4 is 17.8 Å². The number of pyridine rings is 1. The van der Waals surface area contributed by atoms with E-state index < -0.39 is 5.60 Å². The number of anilines is 1. The van der Waals surface area contributed by atoms with E-state index >= 15 is 0 Å². The molecule has 1 saturated heterocycles. The first-order chi connectivity index (χ1) is 13.2. The van der Waals surface area contributed by atoms with Crippen LogP contribution in [0.2, 0.25) is 0 Å². The molecule has 1 aromatic rings. The number of likely N-dealkylation sites (tertiary alicyclic amines) is 1. The van der Waals surface area contributed by atoms with E-state index in [2.05, 4.69) is 10.3 Å². The van der Waals surface area contributed by atoms with Crippen LogP contribution in [0, 0.1) is 0 Å². The number of hydrogen-bond acceptors (Lipinski definition) is 6. The average molecular weight is 388 g/mol. The SMILES string of the molecule is CN(C(=O)OC(C)(C)C)[C@H]1CCN(C(=O)c2cnc3c(c2)OCC2(CC2)N3)C1. The number of fused-ring (bicyclic) bond motifs is 1. The standard InChI is InChI=1S/C20H28N4O4/c1-19(2,3)28-18(26)23(4)14-5-8-24(11-14)17(25)13-9-15-16(21-10-13)22-20(6-7-20)12-27-15/h9-10,14H,5-8,11-12H2,1-4H3,(H,21,22)/t14-/m0/s1. The maximum absolute atomic E-state index is 12.9. The molecule has 1 saturated carbocycles. The Morgan fingerprint density at radius 3 is 2.82 bits per heavy atom. The number of rotatable bonds is 2. The summed E-state index contributed by atoms with van der Waals surface area (Å²) in [6, 6.07) is 1.70. The highest BCUT2D eigenvalue weighted by Gasteiger charge is 2.47. The Hall–Kier alpha value is -2.51. The molecule has 0 aromatic carbocycles. The lowest BCUT2D eigenvalue weighted by Crippen LogP contribution is -2.42. The Morgan fingerprint density at radius 1 is 1.39 bits per heavy atom. The highest BCUT2D eigenvalue weighted by molar-refractivity contribution is 5.95. The van der Waals surface area contributed by atoms with Crippen LogP contribution in [0.5, 0.6) is 5.75 Å². The number of likely N-dealkylation sites (N-methyl/N-ethyl adjacent to an activating group) is 1. The molecular weight excluding hydrogens is 360 g/mol. The van der Waals surface area contributed by atoms with Gasteiger partial charge in [0.15, 0.2) is 11.6 Å². The van der Waals surface area contributed by atoms with Crippen LogP contribution in [0.25, 0.3) is 0 Å². The molecule has 152 valence electrons. The van der Waals surface area contributed by atoms with E-state index in [0.29, 0.717) is 36.8 Å². The molecule has 2 aliphatic heterocycles. The first-order valence-corrected chi connectivity index (χ1v) is 9.82. The van der Waals surface area contributed by atoms with Crippen molar-refractivity contribution in [3.8, 4) is 5.75 Å². The van der Waals surface area contributed by atoms with Crippen LogP contribution in [-0.2, 0) is 4.74 Å². The van der Waals surface area contributed by atoms with Gasteiger partial charge < -0.3 is 24.6 Å². The Morgan fingerprint density at radius 2 is 2.14 bits per heavy atom. The maximum Gasteiger partial charge on any atom is 0.410 e. The second-order valence-corrected chi connectivity index (χ2v) is 9.05. The molecule has 28 heavy (non-hydrogen) atoms. The number of ether oxygens (including phenoxy) is 2. The fourth-order valence-corrected chi connectivity index (χ4v) is 3.60. The summed E-state index contributed by atoms with van der Waals surface area (Å²) in [5.41, 5.74) is 0.0224. The normalized spacial score (nSPS) is 22.1. The first-order valence-electron chi connectivity index (χ1n) is 9.82. The summed E-state index contributed by atoms with van der Waals surface area (Å²) in [5.74, 6) is 1.25. The highest BCUT2D eigenvalue weighted by atomic mass is 16.6. The third-order valence-corrected chi connectivity index (χ3v) is 5.52. The van der Waals surface area contributed by atoms with E-state index in [-0.39, 0.29) is 23.6 Å². The van der Waals surface area contributed by atoms with Crippen LogP contribution in [0.4, 0.5) is 10.6 Å². The monoisotopic (exact) mass is 388 g/mol. The van der Waals surface area contributed by atoms with Gasteiger partial charge in [-0.25, -0.2) is 9.78 Å². The molecule has 1 spiro atoms. The van der Waals surface area contributed by atoms with Crippen molar-refractivity contribution in [3.05, 3.63) is 17.8 Å². The molecular formula is C20H28N4O4. The second kappa shape index (κ2) is 6.53. The van der Waals surface area contributed by atoms with Crippen molar-refractivity contribution in [1.82, 2.24) is 14.8 Å². The van der Waals surface area contributed by atoms with Gasteiger partial charge in [-0.05, 0) is 46.1 Å². The average Bonchev–Trinajstić information content (AvgIpc) is 3.19. The van der Waals surface area contributed by atoms with Gasteiger partial charge in [0.05, 0.1) is 17.1 Å². The molecule has 4 rings (SSSR count). The summed E-state index contributed by atoms with van der Waals surface area (Å²) < 4.78 is 11.3. The van der Waals surface area contributed by atoms with Gasteiger partial charge in [0.1, 0.15) is 12.2 Å². The van der Waals surface area contributed by atoms with Gasteiger partial charge in [-0.15, -0.1) is 0 Å². The van der Waals surface area contributed by atoms with Crippen LogP contribution in [0.3, 0.4) is 0 Å². The smallest absolute Gasteiger partial charge is 0.410 e. The van der Waals surface area contributed by atoms with Crippen molar-refractivity contribution < 1.29 is 19.1 Å². The number of amides is 2. The zero-order valence-electron chi connectivity index (χ0n) is 16.9. The number of aromatic nitrogens is 1. The third kappa shape index (κ3) is 3.72. The first kappa shape index (κ1) is 18.8. The van der Waals surface area contributed by atoms with Gasteiger partial charge in [0.25, 0.3) is 5.91 Å². The van der Waals surface area contributed by atoms with E-state index in [9.17, 15) is 9.59 Å². The highest BCUT2D eigenvalue weighted by Crippen LogP contribution is 2.44. The predicted molar refractivity (Wildman–Crippen MR) is 104 cm³/mol. The van der Waals surface area contributed by atoms with E-state index in [1.54, 1.807) is 29.1 Å². The minimum absolute atomic E-state index is 0.0555. The fraction of sp³-hybridized carbons (Fsp3) is 0.650. The summed E-state index contributed by atoms with van der Waals surface area (Å²) in [5, 5.41) is 3.42. The lowest BCUT2D eigenvalue weighted by molar-refractivity contribution is 0.0226. The number of nitrogens with zero attached hydrogens (tertiary/aromatic N) is 3. The number of hydrogen-bond donors (Lipinski definition) is 1. The van der Waals surface area contributed by atoms with E-state index in [0.717, 1.165) is 19.3 Å². The quantitative estimate of drug-likeness (QED) is 0.838. The van der Waals surface area contributed by atoms with Crippen molar-refractivity contribution in [1.29, 1.82) is 0 Å².